The lowest BCUT2D eigenvalue weighted by atomic mass is 10.1. The van der Waals surface area contributed by atoms with E-state index in [9.17, 15) is 5.11 Å². The maximum Gasteiger partial charge on any atom is 0.0928 e. The molecule has 0 amide bonds. The van der Waals surface area contributed by atoms with Gasteiger partial charge in [-0.05, 0) is 29.5 Å². The Bertz CT molecular complexity index is 255. The lowest BCUT2D eigenvalue weighted by Crippen LogP contribution is -2.12. The predicted molar refractivity (Wildman–Crippen MR) is 50.3 cm³/mol. The molecule has 0 spiro atoms. The molecule has 0 unspecified atom stereocenters. The maximum absolute atomic E-state index is 9.44. The lowest BCUT2D eigenvalue weighted by molar-refractivity contribution is 0.182. The Labute approximate surface area is 81.2 Å². The molecule has 1 atom stereocenters. The van der Waals surface area contributed by atoms with Crippen LogP contribution in [0.5, 0.6) is 0 Å². The summed E-state index contributed by atoms with van der Waals surface area (Å²) in [5, 5.41) is 10.1. The van der Waals surface area contributed by atoms with Crippen LogP contribution < -0.4 is 4.84 Å². The monoisotopic (exact) mass is 205 g/mol. The number of hydrogen-bond acceptors (Lipinski definition) is 2. The summed E-state index contributed by atoms with van der Waals surface area (Å²) in [4.78, 5) is 2.36. The molecule has 66 valence electrons. The average Bonchev–Trinajstić information content (AvgIpc) is 2.05. The van der Waals surface area contributed by atoms with Crippen LogP contribution in [0.2, 0.25) is 5.02 Å². The molecular weight excluding hydrogens is 197 g/mol. The van der Waals surface area contributed by atoms with Crippen LogP contribution in [0.25, 0.3) is 0 Å². The number of hydrogen-bond donors (Lipinski definition) is 2. The van der Waals surface area contributed by atoms with E-state index in [0.717, 1.165) is 5.56 Å². The second-order valence-corrected chi connectivity index (χ2v) is 3.11. The number of halogens is 2. The Hall–Kier alpha value is -0.280. The minimum atomic E-state index is -0.610. The predicted octanol–water partition coefficient (Wildman–Crippen LogP) is 2.12. The van der Waals surface area contributed by atoms with Gasteiger partial charge in [0.15, 0.2) is 0 Å². The van der Waals surface area contributed by atoms with Crippen LogP contribution in [0.3, 0.4) is 0 Å². The highest BCUT2D eigenvalue weighted by Crippen LogP contribution is 2.16. The molecule has 0 aromatic heterocycles. The zero-order valence-electron chi connectivity index (χ0n) is 6.30. The molecule has 0 saturated heterocycles. The minimum absolute atomic E-state index is 0.307. The highest BCUT2D eigenvalue weighted by Gasteiger charge is 2.05. The molecule has 4 heteroatoms. The zero-order valence-corrected chi connectivity index (χ0v) is 7.81. The highest BCUT2D eigenvalue weighted by atomic mass is 35.5. The van der Waals surface area contributed by atoms with E-state index in [1.54, 1.807) is 24.3 Å². The van der Waals surface area contributed by atoms with E-state index in [1.165, 1.54) is 0 Å². The van der Waals surface area contributed by atoms with Crippen molar-refractivity contribution in [1.82, 2.24) is 4.84 Å². The molecule has 0 aliphatic rings. The molecule has 0 saturated carbocycles. The van der Waals surface area contributed by atoms with Gasteiger partial charge in [-0.2, -0.15) is 0 Å². The summed E-state index contributed by atoms with van der Waals surface area (Å²) >= 11 is 11.0. The molecule has 0 heterocycles. The van der Waals surface area contributed by atoms with Gasteiger partial charge in [-0.25, -0.2) is 4.84 Å². The normalized spacial score (nSPS) is 12.9. The van der Waals surface area contributed by atoms with Crippen LogP contribution in [0.1, 0.15) is 11.7 Å². The minimum Gasteiger partial charge on any atom is -0.387 e. The summed E-state index contributed by atoms with van der Waals surface area (Å²) in [5.41, 5.74) is 0.760. The van der Waals surface area contributed by atoms with Crippen LogP contribution in [0, 0.1) is 0 Å². The fourth-order valence-electron chi connectivity index (χ4n) is 0.905. The number of aliphatic hydroxyl groups is 1. The van der Waals surface area contributed by atoms with Gasteiger partial charge < -0.3 is 5.11 Å². The Morgan fingerprint density at radius 2 is 2.25 bits per heavy atom. The van der Waals surface area contributed by atoms with Crippen molar-refractivity contribution >= 4 is 23.4 Å². The molecule has 0 fully saturated rings. The Morgan fingerprint density at radius 3 is 2.83 bits per heavy atom. The molecule has 1 rings (SSSR count). The van der Waals surface area contributed by atoms with Crippen molar-refractivity contribution in [2.75, 3.05) is 6.54 Å². The van der Waals surface area contributed by atoms with Crippen LogP contribution in [0.4, 0.5) is 0 Å². The SMILES string of the molecule is O[C@H](CNCl)c1cccc(Cl)c1. The van der Waals surface area contributed by atoms with E-state index in [-0.39, 0.29) is 0 Å². The van der Waals surface area contributed by atoms with Crippen LogP contribution in [0.15, 0.2) is 24.3 Å². The van der Waals surface area contributed by atoms with Gasteiger partial charge in [0.25, 0.3) is 0 Å². The molecule has 12 heavy (non-hydrogen) atoms. The van der Waals surface area contributed by atoms with Crippen molar-refractivity contribution in [2.24, 2.45) is 0 Å². The van der Waals surface area contributed by atoms with E-state index >= 15 is 0 Å². The third-order valence-corrected chi connectivity index (χ3v) is 1.89. The lowest BCUT2D eigenvalue weighted by Gasteiger charge is -2.08. The summed E-state index contributed by atoms with van der Waals surface area (Å²) in [6.45, 7) is 0.307. The highest BCUT2D eigenvalue weighted by molar-refractivity contribution is 6.30. The molecule has 0 aliphatic carbocycles. The molecule has 2 N–H and O–H groups in total. The van der Waals surface area contributed by atoms with Crippen LogP contribution >= 0.6 is 23.4 Å². The molecule has 0 aliphatic heterocycles. The van der Waals surface area contributed by atoms with Gasteiger partial charge >= 0.3 is 0 Å². The molecule has 0 radical (unpaired) electrons. The van der Waals surface area contributed by atoms with E-state index in [2.05, 4.69) is 4.84 Å². The number of aliphatic hydroxyl groups excluding tert-OH is 1. The molecule has 2 nitrogen and oxygen atoms in total. The summed E-state index contributed by atoms with van der Waals surface area (Å²) in [6, 6.07) is 7.05. The largest absolute Gasteiger partial charge is 0.387 e. The first-order valence-electron chi connectivity index (χ1n) is 3.51. The van der Waals surface area contributed by atoms with Gasteiger partial charge in [-0.1, -0.05) is 23.7 Å². The summed E-state index contributed by atoms with van der Waals surface area (Å²) in [7, 11) is 0. The summed E-state index contributed by atoms with van der Waals surface area (Å²) < 4.78 is 0. The van der Waals surface area contributed by atoms with E-state index < -0.39 is 6.10 Å². The van der Waals surface area contributed by atoms with Crippen molar-refractivity contribution in [3.63, 3.8) is 0 Å². The maximum atomic E-state index is 9.44. The fraction of sp³-hybridized carbons (Fsp3) is 0.250. The smallest absolute Gasteiger partial charge is 0.0928 e. The van der Waals surface area contributed by atoms with Gasteiger partial charge in [0.05, 0.1) is 6.10 Å². The third kappa shape index (κ3) is 2.64. The van der Waals surface area contributed by atoms with E-state index in [0.29, 0.717) is 11.6 Å². The second kappa shape index (κ2) is 4.67. The van der Waals surface area contributed by atoms with Crippen molar-refractivity contribution in [3.8, 4) is 0 Å². The molecule has 0 bridgehead atoms. The van der Waals surface area contributed by atoms with Crippen molar-refractivity contribution < 1.29 is 5.11 Å². The average molecular weight is 206 g/mol. The Balaban J connectivity index is 2.73. The number of rotatable bonds is 3. The van der Waals surface area contributed by atoms with Gasteiger partial charge in [-0.15, -0.1) is 0 Å². The Kier molecular flexibility index (Phi) is 3.82. The van der Waals surface area contributed by atoms with Crippen molar-refractivity contribution in [3.05, 3.63) is 34.9 Å². The van der Waals surface area contributed by atoms with Crippen molar-refractivity contribution in [2.45, 2.75) is 6.10 Å². The topological polar surface area (TPSA) is 32.3 Å². The van der Waals surface area contributed by atoms with Gasteiger partial charge in [0, 0.05) is 11.6 Å². The van der Waals surface area contributed by atoms with Crippen LogP contribution in [-0.4, -0.2) is 11.7 Å². The fourth-order valence-corrected chi connectivity index (χ4v) is 1.25. The third-order valence-electron chi connectivity index (χ3n) is 1.50. The first kappa shape index (κ1) is 9.81. The second-order valence-electron chi connectivity index (χ2n) is 2.41. The van der Waals surface area contributed by atoms with Gasteiger partial charge in [0.1, 0.15) is 0 Å². The quantitative estimate of drug-likeness (QED) is 0.742. The zero-order chi connectivity index (χ0) is 8.97. The number of benzene rings is 1. The molecule has 1 aromatic carbocycles. The molecule has 1 aromatic rings. The Morgan fingerprint density at radius 1 is 1.50 bits per heavy atom. The summed E-state index contributed by atoms with van der Waals surface area (Å²) in [6.07, 6.45) is -0.610. The summed E-state index contributed by atoms with van der Waals surface area (Å²) in [5.74, 6) is 0. The molecular formula is C8H9Cl2NO. The van der Waals surface area contributed by atoms with Gasteiger partial charge in [-0.3, -0.25) is 0 Å². The standard InChI is InChI=1S/C8H9Cl2NO/c9-7-3-1-2-6(4-7)8(12)5-11-10/h1-4,8,11-12H,5H2/t8-/m1/s1. The first-order chi connectivity index (χ1) is 5.74. The van der Waals surface area contributed by atoms with Crippen molar-refractivity contribution in [1.29, 1.82) is 0 Å². The number of nitrogens with one attached hydrogen (secondary N) is 1. The van der Waals surface area contributed by atoms with E-state index in [4.69, 9.17) is 23.4 Å². The van der Waals surface area contributed by atoms with Gasteiger partial charge in [0.2, 0.25) is 0 Å². The van der Waals surface area contributed by atoms with Crippen LogP contribution in [-0.2, 0) is 0 Å². The van der Waals surface area contributed by atoms with E-state index in [1.807, 2.05) is 0 Å². The first-order valence-corrected chi connectivity index (χ1v) is 4.26.